The van der Waals surface area contributed by atoms with Gasteiger partial charge in [0.15, 0.2) is 0 Å². The molecule has 2 heteroatoms. The van der Waals surface area contributed by atoms with E-state index in [4.69, 9.17) is 4.74 Å². The first-order chi connectivity index (χ1) is 7.38. The summed E-state index contributed by atoms with van der Waals surface area (Å²) in [5.41, 5.74) is 1.36. The summed E-state index contributed by atoms with van der Waals surface area (Å²) in [5.74, 6) is 0.965. The van der Waals surface area contributed by atoms with E-state index in [-0.39, 0.29) is 0 Å². The zero-order chi connectivity index (χ0) is 10.5. The van der Waals surface area contributed by atoms with Crippen molar-refractivity contribution in [2.75, 3.05) is 7.11 Å². The Morgan fingerprint density at radius 3 is 2.87 bits per heavy atom. The Bertz CT molecular complexity index is 305. The van der Waals surface area contributed by atoms with Gasteiger partial charge in [0.2, 0.25) is 0 Å². The van der Waals surface area contributed by atoms with E-state index in [1.54, 1.807) is 7.11 Å². The molecule has 0 heterocycles. The van der Waals surface area contributed by atoms with Gasteiger partial charge in [-0.3, -0.25) is 0 Å². The van der Waals surface area contributed by atoms with Crippen LogP contribution in [0.5, 0.6) is 5.75 Å². The van der Waals surface area contributed by atoms with Crippen molar-refractivity contribution in [3.63, 3.8) is 0 Å². The molecule has 0 saturated heterocycles. The molecule has 0 aromatic heterocycles. The lowest BCUT2D eigenvalue weighted by Gasteiger charge is -2.09. The normalized spacial score (nSPS) is 16.9. The number of nitrogens with two attached hydrogens (primary N) is 1. The molecule has 0 radical (unpaired) electrons. The first-order valence-electron chi connectivity index (χ1n) is 5.85. The van der Waals surface area contributed by atoms with Gasteiger partial charge in [-0.15, -0.1) is 0 Å². The number of quaternary nitrogens is 1. The maximum Gasteiger partial charge on any atom is 0.119 e. The number of rotatable bonds is 4. The molecule has 15 heavy (non-hydrogen) atoms. The molecule has 0 aliphatic heterocycles. The van der Waals surface area contributed by atoms with Crippen molar-refractivity contribution in [1.29, 1.82) is 0 Å². The molecule has 0 atom stereocenters. The van der Waals surface area contributed by atoms with Crippen molar-refractivity contribution in [3.8, 4) is 5.75 Å². The lowest BCUT2D eigenvalue weighted by Crippen LogP contribution is -2.87. The molecule has 1 saturated carbocycles. The van der Waals surface area contributed by atoms with E-state index in [1.807, 2.05) is 6.07 Å². The molecular formula is C13H20NO+. The average molecular weight is 206 g/mol. The molecule has 2 rings (SSSR count). The van der Waals surface area contributed by atoms with Crippen molar-refractivity contribution in [2.24, 2.45) is 0 Å². The lowest BCUT2D eigenvalue weighted by molar-refractivity contribution is -0.703. The Morgan fingerprint density at radius 2 is 2.13 bits per heavy atom. The van der Waals surface area contributed by atoms with E-state index in [9.17, 15) is 0 Å². The lowest BCUT2D eigenvalue weighted by atomic mass is 10.2. The molecule has 0 spiro atoms. The second-order valence-electron chi connectivity index (χ2n) is 4.34. The third-order valence-corrected chi connectivity index (χ3v) is 3.22. The Labute approximate surface area is 91.6 Å². The first-order valence-corrected chi connectivity index (χ1v) is 5.85. The average Bonchev–Trinajstić information content (AvgIpc) is 2.79. The van der Waals surface area contributed by atoms with Gasteiger partial charge in [0.1, 0.15) is 12.3 Å². The standard InChI is InChI=1S/C13H19NO/c1-15-13-8-4-5-11(9-13)10-14-12-6-2-3-7-12/h4-5,8-9,12,14H,2-3,6-7,10H2,1H3/p+1. The van der Waals surface area contributed by atoms with Crippen molar-refractivity contribution >= 4 is 0 Å². The van der Waals surface area contributed by atoms with E-state index in [2.05, 4.69) is 23.5 Å². The van der Waals surface area contributed by atoms with Crippen LogP contribution in [0.1, 0.15) is 31.2 Å². The van der Waals surface area contributed by atoms with Gasteiger partial charge in [-0.05, 0) is 37.8 Å². The van der Waals surface area contributed by atoms with Crippen LogP contribution >= 0.6 is 0 Å². The van der Waals surface area contributed by atoms with Crippen LogP contribution in [0.15, 0.2) is 24.3 Å². The highest BCUT2D eigenvalue weighted by Crippen LogP contribution is 2.15. The van der Waals surface area contributed by atoms with Gasteiger partial charge in [-0.2, -0.15) is 0 Å². The minimum absolute atomic E-state index is 0.858. The van der Waals surface area contributed by atoms with Crippen LogP contribution in [-0.4, -0.2) is 13.2 Å². The van der Waals surface area contributed by atoms with Crippen LogP contribution in [0.3, 0.4) is 0 Å². The fourth-order valence-electron chi connectivity index (χ4n) is 2.30. The maximum absolute atomic E-state index is 5.21. The van der Waals surface area contributed by atoms with Gasteiger partial charge in [-0.25, -0.2) is 0 Å². The quantitative estimate of drug-likeness (QED) is 0.797. The summed E-state index contributed by atoms with van der Waals surface area (Å²) in [6.07, 6.45) is 5.62. The largest absolute Gasteiger partial charge is 0.497 e. The van der Waals surface area contributed by atoms with Crippen molar-refractivity contribution in [3.05, 3.63) is 29.8 Å². The monoisotopic (exact) mass is 206 g/mol. The summed E-state index contributed by atoms with van der Waals surface area (Å²) in [5, 5.41) is 2.47. The molecular weight excluding hydrogens is 186 g/mol. The fourth-order valence-corrected chi connectivity index (χ4v) is 2.30. The van der Waals surface area contributed by atoms with E-state index in [0.717, 1.165) is 18.3 Å². The summed E-state index contributed by atoms with van der Waals surface area (Å²) < 4.78 is 5.21. The third-order valence-electron chi connectivity index (χ3n) is 3.22. The van der Waals surface area contributed by atoms with E-state index < -0.39 is 0 Å². The molecule has 1 aromatic carbocycles. The topological polar surface area (TPSA) is 25.8 Å². The molecule has 1 fully saturated rings. The number of methoxy groups -OCH3 is 1. The summed E-state index contributed by atoms with van der Waals surface area (Å²) in [4.78, 5) is 0. The Hall–Kier alpha value is -1.02. The van der Waals surface area contributed by atoms with E-state index in [1.165, 1.54) is 31.2 Å². The summed E-state index contributed by atoms with van der Waals surface area (Å²) in [6.45, 7) is 1.09. The second kappa shape index (κ2) is 5.17. The van der Waals surface area contributed by atoms with E-state index >= 15 is 0 Å². The van der Waals surface area contributed by atoms with Crippen molar-refractivity contribution in [1.82, 2.24) is 0 Å². The fraction of sp³-hybridized carbons (Fsp3) is 0.538. The summed E-state index contributed by atoms with van der Waals surface area (Å²) in [7, 11) is 1.72. The zero-order valence-corrected chi connectivity index (χ0v) is 9.41. The minimum Gasteiger partial charge on any atom is -0.497 e. The van der Waals surface area contributed by atoms with Gasteiger partial charge in [0, 0.05) is 5.56 Å². The Morgan fingerprint density at radius 1 is 1.33 bits per heavy atom. The maximum atomic E-state index is 5.21. The molecule has 1 aliphatic carbocycles. The molecule has 82 valence electrons. The summed E-state index contributed by atoms with van der Waals surface area (Å²) in [6, 6.07) is 9.23. The number of hydrogen-bond donors (Lipinski definition) is 1. The molecule has 2 nitrogen and oxygen atoms in total. The van der Waals surface area contributed by atoms with Gasteiger partial charge in [0.05, 0.1) is 13.2 Å². The van der Waals surface area contributed by atoms with Gasteiger partial charge >= 0.3 is 0 Å². The highest BCUT2D eigenvalue weighted by Gasteiger charge is 2.17. The first kappa shape index (κ1) is 10.5. The number of ether oxygens (including phenoxy) is 1. The Balaban J connectivity index is 1.86. The second-order valence-corrected chi connectivity index (χ2v) is 4.34. The van der Waals surface area contributed by atoms with Crippen LogP contribution in [0.4, 0.5) is 0 Å². The molecule has 2 N–H and O–H groups in total. The Kier molecular flexibility index (Phi) is 3.62. The molecule has 1 aliphatic rings. The predicted molar refractivity (Wildman–Crippen MR) is 60.9 cm³/mol. The van der Waals surface area contributed by atoms with Crippen molar-refractivity contribution < 1.29 is 10.1 Å². The highest BCUT2D eigenvalue weighted by molar-refractivity contribution is 5.27. The van der Waals surface area contributed by atoms with Crippen LogP contribution in [0.2, 0.25) is 0 Å². The van der Waals surface area contributed by atoms with Crippen LogP contribution in [-0.2, 0) is 6.54 Å². The summed E-state index contributed by atoms with van der Waals surface area (Å²) >= 11 is 0. The van der Waals surface area contributed by atoms with Gasteiger partial charge in [-0.1, -0.05) is 12.1 Å². The SMILES string of the molecule is COc1cccc(C[NH2+]C2CCCC2)c1. The number of hydrogen-bond acceptors (Lipinski definition) is 1. The highest BCUT2D eigenvalue weighted by atomic mass is 16.5. The van der Waals surface area contributed by atoms with Gasteiger partial charge in [0.25, 0.3) is 0 Å². The molecule has 0 amide bonds. The molecule has 0 bridgehead atoms. The smallest absolute Gasteiger partial charge is 0.119 e. The van der Waals surface area contributed by atoms with Crippen molar-refractivity contribution in [2.45, 2.75) is 38.3 Å². The number of benzene rings is 1. The van der Waals surface area contributed by atoms with Crippen LogP contribution in [0, 0.1) is 0 Å². The molecule has 1 aromatic rings. The van der Waals surface area contributed by atoms with Crippen LogP contribution in [0.25, 0.3) is 0 Å². The zero-order valence-electron chi connectivity index (χ0n) is 9.41. The predicted octanol–water partition coefficient (Wildman–Crippen LogP) is 1.70. The third kappa shape index (κ3) is 2.96. The van der Waals surface area contributed by atoms with Gasteiger partial charge < -0.3 is 10.1 Å². The van der Waals surface area contributed by atoms with E-state index in [0.29, 0.717) is 0 Å². The minimum atomic E-state index is 0.858. The van der Waals surface area contributed by atoms with Crippen LogP contribution < -0.4 is 10.1 Å². The molecule has 0 unspecified atom stereocenters.